The second-order valence-corrected chi connectivity index (χ2v) is 0.819. The second kappa shape index (κ2) is 16.3. The minimum atomic E-state index is -0.833. The minimum Gasteiger partial charge on any atom is -0.481 e. The van der Waals surface area contributed by atoms with Crippen molar-refractivity contribution >= 4 is 18.6 Å². The molecule has 0 aromatic rings. The average Bonchev–Trinajstić information content (AvgIpc) is 1.33. The predicted octanol–water partition coefficient (Wildman–Crippen LogP) is 0.650. The van der Waals surface area contributed by atoms with Crippen molar-refractivity contribution < 1.29 is 9.90 Å². The van der Waals surface area contributed by atoms with E-state index in [0.717, 1.165) is 6.92 Å². The molecule has 0 aromatic carbocycles. The van der Waals surface area contributed by atoms with Gasteiger partial charge in [-0.05, 0) is 0 Å². The number of carboxylic acids is 1. The molecule has 0 heterocycles. The Morgan fingerprint density at radius 3 is 1.88 bits per heavy atom. The Morgan fingerprint density at radius 2 is 1.88 bits per heavy atom. The number of carbonyl (C=O) groups is 1. The lowest BCUT2D eigenvalue weighted by Crippen LogP contribution is -1.78. The van der Waals surface area contributed by atoms with Crippen LogP contribution in [0.1, 0.15) is 6.92 Å². The Hall–Kier alpha value is -0.730. The summed E-state index contributed by atoms with van der Waals surface area (Å²) in [7, 11) is 0. The summed E-state index contributed by atoms with van der Waals surface area (Å²) in [5.41, 5.74) is 0. The SMILES string of the molecule is CC(=O)O.N.N#CS. The first-order valence-electron chi connectivity index (χ1n) is 1.37. The quantitative estimate of drug-likeness (QED) is 0.336. The van der Waals surface area contributed by atoms with Crippen molar-refractivity contribution in [3.8, 4) is 5.40 Å². The zero-order valence-corrected chi connectivity index (χ0v) is 5.35. The molecule has 0 atom stereocenters. The molecule has 5 heteroatoms. The fraction of sp³-hybridized carbons (Fsp3) is 0.333. The van der Waals surface area contributed by atoms with Crippen LogP contribution in [0.25, 0.3) is 0 Å². The summed E-state index contributed by atoms with van der Waals surface area (Å²) in [6.07, 6.45) is 0. The smallest absolute Gasteiger partial charge is 0.300 e. The first kappa shape index (κ1) is 15.7. The number of hydrogen-bond donors (Lipinski definition) is 3. The van der Waals surface area contributed by atoms with E-state index in [2.05, 4.69) is 12.6 Å². The molecule has 0 rings (SSSR count). The molecule has 0 fully saturated rings. The van der Waals surface area contributed by atoms with E-state index >= 15 is 0 Å². The highest BCUT2D eigenvalue weighted by Gasteiger charge is 1.65. The molecule has 0 aromatic heterocycles. The molecule has 0 aliphatic heterocycles. The Kier molecular flexibility index (Phi) is 31.9. The second-order valence-electron chi connectivity index (χ2n) is 0.619. The van der Waals surface area contributed by atoms with Gasteiger partial charge in [-0.1, -0.05) is 12.6 Å². The third-order valence-corrected chi connectivity index (χ3v) is 0. The lowest BCUT2D eigenvalue weighted by molar-refractivity contribution is -0.134. The highest BCUT2D eigenvalue weighted by Crippen LogP contribution is 1.46. The maximum Gasteiger partial charge on any atom is 0.300 e. The van der Waals surface area contributed by atoms with E-state index in [1.807, 2.05) is 0 Å². The summed E-state index contributed by atoms with van der Waals surface area (Å²) in [4.78, 5) is 9.00. The monoisotopic (exact) mass is 136 g/mol. The van der Waals surface area contributed by atoms with Gasteiger partial charge in [0.2, 0.25) is 0 Å². The summed E-state index contributed by atoms with van der Waals surface area (Å²) < 4.78 is 0. The van der Waals surface area contributed by atoms with E-state index in [1.165, 1.54) is 5.40 Å². The lowest BCUT2D eigenvalue weighted by atomic mass is 10.9. The Bertz CT molecular complexity index is 83.8. The van der Waals surface area contributed by atoms with Gasteiger partial charge in [0, 0.05) is 6.92 Å². The molecule has 4 nitrogen and oxygen atoms in total. The topological polar surface area (TPSA) is 96.1 Å². The van der Waals surface area contributed by atoms with Gasteiger partial charge >= 0.3 is 0 Å². The molecule has 0 aliphatic rings. The van der Waals surface area contributed by atoms with E-state index in [4.69, 9.17) is 15.2 Å². The van der Waals surface area contributed by atoms with E-state index < -0.39 is 5.97 Å². The van der Waals surface area contributed by atoms with Crippen molar-refractivity contribution in [2.45, 2.75) is 6.92 Å². The largest absolute Gasteiger partial charge is 0.481 e. The van der Waals surface area contributed by atoms with Gasteiger partial charge in [-0.2, -0.15) is 5.26 Å². The maximum absolute atomic E-state index is 9.00. The highest BCUT2D eigenvalue weighted by molar-refractivity contribution is 7.85. The summed E-state index contributed by atoms with van der Waals surface area (Å²) in [6, 6.07) is 0. The fourth-order valence-corrected chi connectivity index (χ4v) is 0. The normalized spacial score (nSPS) is 4.12. The first-order valence-corrected chi connectivity index (χ1v) is 1.82. The minimum absolute atomic E-state index is 0. The molecule has 0 aliphatic carbocycles. The molecule has 0 spiro atoms. The van der Waals surface area contributed by atoms with Crippen LogP contribution in [-0.2, 0) is 4.79 Å². The number of rotatable bonds is 0. The number of nitrogens with zero attached hydrogens (tertiary/aromatic N) is 1. The van der Waals surface area contributed by atoms with Gasteiger partial charge in [0.05, 0.1) is 0 Å². The Balaban J connectivity index is -0.0000000575. The number of hydrogen-bond acceptors (Lipinski definition) is 4. The van der Waals surface area contributed by atoms with Gasteiger partial charge in [-0.15, -0.1) is 0 Å². The van der Waals surface area contributed by atoms with Crippen LogP contribution < -0.4 is 6.15 Å². The molecule has 0 saturated heterocycles. The van der Waals surface area contributed by atoms with E-state index in [1.54, 1.807) is 0 Å². The van der Waals surface area contributed by atoms with Gasteiger partial charge in [0.1, 0.15) is 5.40 Å². The first-order chi connectivity index (χ1) is 3.15. The summed E-state index contributed by atoms with van der Waals surface area (Å²) in [6.45, 7) is 1.08. The van der Waals surface area contributed by atoms with Crippen LogP contribution >= 0.6 is 12.6 Å². The van der Waals surface area contributed by atoms with Crippen molar-refractivity contribution in [3.05, 3.63) is 0 Å². The van der Waals surface area contributed by atoms with Crippen molar-refractivity contribution in [1.29, 1.82) is 5.26 Å². The van der Waals surface area contributed by atoms with Crippen LogP contribution in [-0.4, -0.2) is 11.1 Å². The molecule has 0 amide bonds. The van der Waals surface area contributed by atoms with Gasteiger partial charge in [0.25, 0.3) is 5.97 Å². The number of aliphatic carboxylic acids is 1. The molecule has 0 saturated carbocycles. The predicted molar refractivity (Wildman–Crippen MR) is 32.9 cm³/mol. The van der Waals surface area contributed by atoms with E-state index in [9.17, 15) is 0 Å². The van der Waals surface area contributed by atoms with Crippen molar-refractivity contribution in [3.63, 3.8) is 0 Å². The van der Waals surface area contributed by atoms with Gasteiger partial charge in [-0.3, -0.25) is 4.79 Å². The Labute approximate surface area is 53.1 Å². The van der Waals surface area contributed by atoms with Crippen LogP contribution in [0.2, 0.25) is 0 Å². The number of thiol groups is 1. The van der Waals surface area contributed by atoms with Crippen molar-refractivity contribution in [2.24, 2.45) is 0 Å². The average molecular weight is 136 g/mol. The van der Waals surface area contributed by atoms with Crippen LogP contribution in [0.5, 0.6) is 0 Å². The van der Waals surface area contributed by atoms with Crippen LogP contribution in [0, 0.1) is 10.7 Å². The molecule has 8 heavy (non-hydrogen) atoms. The molecule has 48 valence electrons. The van der Waals surface area contributed by atoms with E-state index in [0.29, 0.717) is 0 Å². The molecule has 4 N–H and O–H groups in total. The van der Waals surface area contributed by atoms with Crippen molar-refractivity contribution in [2.75, 3.05) is 0 Å². The molecule has 0 bridgehead atoms. The summed E-state index contributed by atoms with van der Waals surface area (Å²) in [5.74, 6) is -0.833. The number of nitriles is 1. The molecular weight excluding hydrogens is 128 g/mol. The van der Waals surface area contributed by atoms with Gasteiger partial charge in [0.15, 0.2) is 0 Å². The van der Waals surface area contributed by atoms with Crippen LogP contribution in [0.3, 0.4) is 0 Å². The van der Waals surface area contributed by atoms with Crippen LogP contribution in [0.15, 0.2) is 0 Å². The third-order valence-electron chi connectivity index (χ3n) is 0. The van der Waals surface area contributed by atoms with Gasteiger partial charge in [-0.25, -0.2) is 0 Å². The third kappa shape index (κ3) is 180. The zero-order valence-electron chi connectivity index (χ0n) is 4.46. The lowest BCUT2D eigenvalue weighted by Gasteiger charge is -1.59. The maximum atomic E-state index is 9.00. The number of carboxylic acid groups (broad SMARTS) is 1. The zero-order chi connectivity index (χ0) is 6.28. The van der Waals surface area contributed by atoms with Crippen molar-refractivity contribution in [1.82, 2.24) is 6.15 Å². The highest BCUT2D eigenvalue weighted by atomic mass is 32.1. The summed E-state index contributed by atoms with van der Waals surface area (Å²) >= 11 is 3.09. The van der Waals surface area contributed by atoms with E-state index in [-0.39, 0.29) is 6.15 Å². The van der Waals surface area contributed by atoms with Gasteiger partial charge < -0.3 is 11.3 Å². The molecule has 0 unspecified atom stereocenters. The fourth-order valence-electron chi connectivity index (χ4n) is 0. The Morgan fingerprint density at radius 1 is 1.88 bits per heavy atom. The number of thiocyanates is 1. The standard InChI is InChI=1S/C2H4O2.CHNS.H3N/c1-2(3)4;2-1-3;/h1H3,(H,3,4);3H;1H3. The van der Waals surface area contributed by atoms with Crippen LogP contribution in [0.4, 0.5) is 0 Å². The summed E-state index contributed by atoms with van der Waals surface area (Å²) in [5, 5.41) is 16.0. The molecule has 0 radical (unpaired) electrons. The molecular formula is C3H8N2O2S.